The maximum atomic E-state index is 11.2. The van der Waals surface area contributed by atoms with E-state index in [2.05, 4.69) is 30.4 Å². The molecule has 2 heteroatoms. The lowest BCUT2D eigenvalue weighted by Crippen LogP contribution is -2.54. The number of allylic oxidation sites excluding steroid dienone is 3. The SMILES string of the molecule is CC[C@]12CC[C@H]3[C@@H](CCC4=CCCC[C@@H]43)[C@@H]1C=C[C@@]2(O)C#CCl. The van der Waals surface area contributed by atoms with Crippen molar-refractivity contribution in [3.8, 4) is 11.3 Å². The Balaban J connectivity index is 1.69. The van der Waals surface area contributed by atoms with Crippen molar-refractivity contribution in [3.05, 3.63) is 23.8 Å². The Hall–Kier alpha value is -0.710. The molecule has 0 spiro atoms. The second-order valence-corrected chi connectivity index (χ2v) is 8.29. The minimum absolute atomic E-state index is 0.119. The lowest BCUT2D eigenvalue weighted by Gasteiger charge is -2.56. The molecule has 0 aromatic carbocycles. The van der Waals surface area contributed by atoms with E-state index < -0.39 is 5.60 Å². The zero-order chi connectivity index (χ0) is 16.1. The molecule has 0 radical (unpaired) electrons. The first-order valence-electron chi connectivity index (χ1n) is 9.38. The molecule has 0 amide bonds. The molecule has 4 rings (SSSR count). The molecule has 0 heterocycles. The summed E-state index contributed by atoms with van der Waals surface area (Å²) in [6.45, 7) is 2.22. The van der Waals surface area contributed by atoms with E-state index in [1.165, 1.54) is 38.5 Å². The summed E-state index contributed by atoms with van der Waals surface area (Å²) in [6, 6.07) is 0. The molecule has 2 fully saturated rings. The molecule has 6 atom stereocenters. The quantitative estimate of drug-likeness (QED) is 0.527. The topological polar surface area (TPSA) is 20.2 Å². The minimum atomic E-state index is -1.03. The van der Waals surface area contributed by atoms with E-state index in [0.29, 0.717) is 11.8 Å². The molecular weight excluding hydrogens is 304 g/mol. The Labute approximate surface area is 145 Å². The summed E-state index contributed by atoms with van der Waals surface area (Å²) in [6.07, 6.45) is 16.7. The molecule has 0 aliphatic heterocycles. The van der Waals surface area contributed by atoms with E-state index in [1.807, 2.05) is 6.08 Å². The number of fused-ring (bicyclic) bond motifs is 5. The molecule has 4 aliphatic rings. The number of aliphatic hydroxyl groups is 1. The fourth-order valence-electron chi connectivity index (χ4n) is 6.55. The highest BCUT2D eigenvalue weighted by Gasteiger charge is 2.61. The van der Waals surface area contributed by atoms with Crippen LogP contribution in [-0.2, 0) is 0 Å². The van der Waals surface area contributed by atoms with Crippen LogP contribution in [-0.4, -0.2) is 10.7 Å². The molecule has 1 N–H and O–H groups in total. The fourth-order valence-corrected chi connectivity index (χ4v) is 6.69. The zero-order valence-electron chi connectivity index (χ0n) is 14.0. The summed E-state index contributed by atoms with van der Waals surface area (Å²) in [7, 11) is 0. The van der Waals surface area contributed by atoms with Crippen LogP contribution in [0.3, 0.4) is 0 Å². The standard InChI is InChI=1S/C21H27ClO/c1-2-20-11-9-17-16-6-4-3-5-15(16)7-8-18(17)19(20)10-12-21(20,23)13-14-22/h5,10,12,16-19,23H,2-4,6-9,11H2,1H3/t16-,17+,18+,19-,20-,21+/m0/s1. The first kappa shape index (κ1) is 15.8. The molecular formula is C21H27ClO. The van der Waals surface area contributed by atoms with Crippen LogP contribution in [0, 0.1) is 40.4 Å². The van der Waals surface area contributed by atoms with Crippen LogP contribution in [0.5, 0.6) is 0 Å². The average Bonchev–Trinajstić information content (AvgIpc) is 2.88. The smallest absolute Gasteiger partial charge is 0.151 e. The van der Waals surface area contributed by atoms with Gasteiger partial charge in [-0.15, -0.1) is 0 Å². The summed E-state index contributed by atoms with van der Waals surface area (Å²) in [4.78, 5) is 0. The summed E-state index contributed by atoms with van der Waals surface area (Å²) < 4.78 is 0. The van der Waals surface area contributed by atoms with Crippen LogP contribution < -0.4 is 0 Å². The van der Waals surface area contributed by atoms with Crippen LogP contribution in [0.25, 0.3) is 0 Å². The van der Waals surface area contributed by atoms with Gasteiger partial charge in [0.1, 0.15) is 0 Å². The van der Waals surface area contributed by atoms with Crippen molar-refractivity contribution >= 4 is 11.6 Å². The van der Waals surface area contributed by atoms with Crippen molar-refractivity contribution < 1.29 is 5.11 Å². The monoisotopic (exact) mass is 330 g/mol. The van der Waals surface area contributed by atoms with Crippen LogP contribution in [0.4, 0.5) is 0 Å². The van der Waals surface area contributed by atoms with Gasteiger partial charge in [-0.25, -0.2) is 0 Å². The van der Waals surface area contributed by atoms with Crippen LogP contribution in [0.2, 0.25) is 0 Å². The van der Waals surface area contributed by atoms with Gasteiger partial charge in [0.2, 0.25) is 0 Å². The lowest BCUT2D eigenvalue weighted by atomic mass is 9.49. The molecule has 0 aromatic rings. The lowest BCUT2D eigenvalue weighted by molar-refractivity contribution is -0.0876. The van der Waals surface area contributed by atoms with Crippen molar-refractivity contribution in [1.82, 2.24) is 0 Å². The molecule has 124 valence electrons. The van der Waals surface area contributed by atoms with Gasteiger partial charge in [-0.1, -0.05) is 24.6 Å². The van der Waals surface area contributed by atoms with Gasteiger partial charge in [-0.05, 0) is 98.6 Å². The van der Waals surface area contributed by atoms with Crippen molar-refractivity contribution in [1.29, 1.82) is 0 Å². The Morgan fingerprint density at radius 2 is 2.17 bits per heavy atom. The normalized spacial score (nSPS) is 47.7. The first-order valence-corrected chi connectivity index (χ1v) is 9.76. The van der Waals surface area contributed by atoms with Gasteiger partial charge in [-0.2, -0.15) is 0 Å². The minimum Gasteiger partial charge on any atom is -0.373 e. The van der Waals surface area contributed by atoms with Gasteiger partial charge in [-0.3, -0.25) is 0 Å². The highest BCUT2D eigenvalue weighted by molar-refractivity contribution is 6.30. The summed E-state index contributed by atoms with van der Waals surface area (Å²) in [5, 5.41) is 13.7. The largest absolute Gasteiger partial charge is 0.373 e. The van der Waals surface area contributed by atoms with Crippen LogP contribution in [0.1, 0.15) is 58.3 Å². The third kappa shape index (κ3) is 2.11. The number of hydrogen-bond acceptors (Lipinski definition) is 1. The maximum Gasteiger partial charge on any atom is 0.151 e. The highest BCUT2D eigenvalue weighted by Crippen LogP contribution is 2.63. The Morgan fingerprint density at radius 1 is 1.30 bits per heavy atom. The van der Waals surface area contributed by atoms with Crippen LogP contribution >= 0.6 is 11.6 Å². The Bertz CT molecular complexity index is 609. The van der Waals surface area contributed by atoms with Crippen LogP contribution in [0.15, 0.2) is 23.8 Å². The van der Waals surface area contributed by atoms with Gasteiger partial charge in [0.15, 0.2) is 5.60 Å². The zero-order valence-corrected chi connectivity index (χ0v) is 14.8. The summed E-state index contributed by atoms with van der Waals surface area (Å²) in [5.74, 6) is 5.75. The van der Waals surface area contributed by atoms with E-state index in [-0.39, 0.29) is 5.41 Å². The molecule has 0 saturated heterocycles. The third-order valence-corrected chi connectivity index (χ3v) is 7.73. The molecule has 0 bridgehead atoms. The third-order valence-electron chi connectivity index (χ3n) is 7.63. The van der Waals surface area contributed by atoms with E-state index in [1.54, 1.807) is 5.57 Å². The summed E-state index contributed by atoms with van der Waals surface area (Å²) in [5.41, 5.74) is 0.604. The number of halogens is 1. The van der Waals surface area contributed by atoms with Crippen molar-refractivity contribution in [3.63, 3.8) is 0 Å². The number of rotatable bonds is 1. The Kier molecular flexibility index (Phi) is 3.90. The second kappa shape index (κ2) is 5.68. The molecule has 2 saturated carbocycles. The van der Waals surface area contributed by atoms with Crippen molar-refractivity contribution in [2.45, 2.75) is 63.9 Å². The van der Waals surface area contributed by atoms with E-state index in [9.17, 15) is 5.11 Å². The van der Waals surface area contributed by atoms with E-state index >= 15 is 0 Å². The molecule has 0 aromatic heterocycles. The summed E-state index contributed by atoms with van der Waals surface area (Å²) >= 11 is 5.69. The van der Waals surface area contributed by atoms with E-state index in [4.69, 9.17) is 11.6 Å². The van der Waals surface area contributed by atoms with E-state index in [0.717, 1.165) is 24.7 Å². The second-order valence-electron chi connectivity index (χ2n) is 8.10. The maximum absolute atomic E-state index is 11.2. The fraction of sp³-hybridized carbons (Fsp3) is 0.714. The number of hydrogen-bond donors (Lipinski definition) is 1. The highest BCUT2D eigenvalue weighted by atomic mass is 35.5. The Morgan fingerprint density at radius 3 is 2.96 bits per heavy atom. The van der Waals surface area contributed by atoms with Gasteiger partial charge >= 0.3 is 0 Å². The predicted molar refractivity (Wildman–Crippen MR) is 94.8 cm³/mol. The molecule has 1 nitrogen and oxygen atoms in total. The molecule has 23 heavy (non-hydrogen) atoms. The van der Waals surface area contributed by atoms with Gasteiger partial charge < -0.3 is 5.11 Å². The van der Waals surface area contributed by atoms with Crippen molar-refractivity contribution in [2.24, 2.45) is 29.1 Å². The van der Waals surface area contributed by atoms with Gasteiger partial charge in [0.25, 0.3) is 0 Å². The van der Waals surface area contributed by atoms with Crippen molar-refractivity contribution in [2.75, 3.05) is 0 Å². The first-order chi connectivity index (χ1) is 11.1. The molecule has 0 unspecified atom stereocenters. The van der Waals surface area contributed by atoms with Gasteiger partial charge in [0, 0.05) is 10.8 Å². The molecule has 4 aliphatic carbocycles. The predicted octanol–water partition coefficient (Wildman–Crippen LogP) is 5.05. The van der Waals surface area contributed by atoms with Gasteiger partial charge in [0.05, 0.1) is 0 Å². The average molecular weight is 331 g/mol.